The fourth-order valence-corrected chi connectivity index (χ4v) is 3.07. The maximum atomic E-state index is 11.6. The van der Waals surface area contributed by atoms with Gasteiger partial charge in [0, 0.05) is 17.9 Å². The van der Waals surface area contributed by atoms with Gasteiger partial charge in [0.15, 0.2) is 0 Å². The summed E-state index contributed by atoms with van der Waals surface area (Å²) in [5.41, 5.74) is 2.01. The van der Waals surface area contributed by atoms with E-state index >= 15 is 0 Å². The Kier molecular flexibility index (Phi) is 4.09. The summed E-state index contributed by atoms with van der Waals surface area (Å²) in [5, 5.41) is 3.51. The lowest BCUT2D eigenvalue weighted by Crippen LogP contribution is -2.23. The zero-order chi connectivity index (χ0) is 13.8. The van der Waals surface area contributed by atoms with E-state index < -0.39 is 0 Å². The van der Waals surface area contributed by atoms with E-state index in [1.807, 2.05) is 18.2 Å². The van der Waals surface area contributed by atoms with Crippen molar-refractivity contribution in [2.45, 2.75) is 32.1 Å². The van der Waals surface area contributed by atoms with Crippen LogP contribution in [0.25, 0.3) is 0 Å². The van der Waals surface area contributed by atoms with Gasteiger partial charge in [0.2, 0.25) is 0 Å². The molecule has 2 fully saturated rings. The van der Waals surface area contributed by atoms with E-state index in [1.165, 1.54) is 32.1 Å². The van der Waals surface area contributed by atoms with E-state index in [0.29, 0.717) is 13.2 Å². The average molecular weight is 274 g/mol. The minimum absolute atomic E-state index is 0.241. The van der Waals surface area contributed by atoms with Gasteiger partial charge in [0.05, 0.1) is 6.54 Å². The molecule has 1 saturated heterocycles. The number of ether oxygens (including phenoxy) is 1. The first kappa shape index (κ1) is 13.3. The largest absolute Gasteiger partial charge is 0.447 e. The van der Waals surface area contributed by atoms with Gasteiger partial charge in [-0.2, -0.15) is 0 Å². The van der Waals surface area contributed by atoms with Gasteiger partial charge in [-0.15, -0.1) is 0 Å². The van der Waals surface area contributed by atoms with Gasteiger partial charge in [-0.1, -0.05) is 25.3 Å². The van der Waals surface area contributed by atoms with Gasteiger partial charge < -0.3 is 10.1 Å². The summed E-state index contributed by atoms with van der Waals surface area (Å²) in [7, 11) is 0. The molecule has 0 bridgehead atoms. The Hall–Kier alpha value is -1.71. The van der Waals surface area contributed by atoms with E-state index in [-0.39, 0.29) is 6.09 Å². The molecule has 3 rings (SSSR count). The van der Waals surface area contributed by atoms with Crippen LogP contribution in [0.1, 0.15) is 32.1 Å². The summed E-state index contributed by atoms with van der Waals surface area (Å²) < 4.78 is 4.98. The van der Waals surface area contributed by atoms with Crippen LogP contribution < -0.4 is 10.2 Å². The highest BCUT2D eigenvalue weighted by atomic mass is 16.6. The molecule has 1 N–H and O–H groups in total. The highest BCUT2D eigenvalue weighted by Gasteiger charge is 2.23. The minimum Gasteiger partial charge on any atom is -0.447 e. The van der Waals surface area contributed by atoms with Crippen molar-refractivity contribution >= 4 is 17.5 Å². The van der Waals surface area contributed by atoms with Crippen LogP contribution in [0.3, 0.4) is 0 Å². The third-order valence-corrected chi connectivity index (χ3v) is 4.24. The van der Waals surface area contributed by atoms with Crippen molar-refractivity contribution in [1.29, 1.82) is 0 Å². The summed E-state index contributed by atoms with van der Waals surface area (Å²) in [6.45, 7) is 2.16. The smallest absolute Gasteiger partial charge is 0.414 e. The number of carbonyl (C=O) groups is 1. The molecule has 0 spiro atoms. The average Bonchev–Trinajstić information content (AvgIpc) is 2.93. The number of nitrogens with one attached hydrogen (secondary N) is 1. The van der Waals surface area contributed by atoms with Crippen LogP contribution in [0.4, 0.5) is 16.2 Å². The lowest BCUT2D eigenvalue weighted by atomic mass is 9.89. The summed E-state index contributed by atoms with van der Waals surface area (Å²) in [6.07, 6.45) is 6.56. The summed E-state index contributed by atoms with van der Waals surface area (Å²) in [6, 6.07) is 8.05. The molecular formula is C16H22N2O2. The molecule has 108 valence electrons. The topological polar surface area (TPSA) is 41.6 Å². The third kappa shape index (κ3) is 3.06. The zero-order valence-corrected chi connectivity index (χ0v) is 11.8. The Labute approximate surface area is 120 Å². The van der Waals surface area contributed by atoms with Gasteiger partial charge in [-0.05, 0) is 37.0 Å². The van der Waals surface area contributed by atoms with Crippen LogP contribution in [0.2, 0.25) is 0 Å². The molecule has 0 unspecified atom stereocenters. The standard InChI is InChI=1S/C16H22N2O2/c19-16-18(9-10-20-16)15-8-4-7-14(11-15)17-12-13-5-2-1-3-6-13/h4,7-8,11,13,17H,1-3,5-6,9-10,12H2. The van der Waals surface area contributed by atoms with Crippen molar-refractivity contribution in [2.24, 2.45) is 5.92 Å². The van der Waals surface area contributed by atoms with Crippen LogP contribution in [0.5, 0.6) is 0 Å². The van der Waals surface area contributed by atoms with Crippen molar-refractivity contribution in [2.75, 3.05) is 29.9 Å². The van der Waals surface area contributed by atoms with Crippen LogP contribution in [-0.2, 0) is 4.74 Å². The van der Waals surface area contributed by atoms with Crippen LogP contribution in [0.15, 0.2) is 24.3 Å². The summed E-state index contributed by atoms with van der Waals surface area (Å²) >= 11 is 0. The lowest BCUT2D eigenvalue weighted by Gasteiger charge is -2.22. The fraction of sp³-hybridized carbons (Fsp3) is 0.562. The zero-order valence-electron chi connectivity index (χ0n) is 11.8. The van der Waals surface area contributed by atoms with Crippen molar-refractivity contribution in [3.8, 4) is 0 Å². The molecule has 1 aliphatic heterocycles. The SMILES string of the molecule is O=C1OCCN1c1cccc(NCC2CCCCC2)c1. The Morgan fingerprint density at radius 3 is 2.85 bits per heavy atom. The number of carbonyl (C=O) groups excluding carboxylic acids is 1. The number of hydrogen-bond donors (Lipinski definition) is 1. The molecule has 4 heteroatoms. The Bertz CT molecular complexity index is 469. The van der Waals surface area contributed by atoms with Crippen molar-refractivity contribution in [3.05, 3.63) is 24.3 Å². The molecule has 1 heterocycles. The van der Waals surface area contributed by atoms with Gasteiger partial charge in [0.1, 0.15) is 6.61 Å². The Morgan fingerprint density at radius 2 is 2.10 bits per heavy atom. The number of anilines is 2. The van der Waals surface area contributed by atoms with E-state index in [4.69, 9.17) is 4.74 Å². The Balaban J connectivity index is 1.60. The lowest BCUT2D eigenvalue weighted by molar-refractivity contribution is 0.181. The highest BCUT2D eigenvalue weighted by Crippen LogP contribution is 2.26. The maximum absolute atomic E-state index is 11.6. The minimum atomic E-state index is -0.241. The van der Waals surface area contributed by atoms with Crippen molar-refractivity contribution in [1.82, 2.24) is 0 Å². The van der Waals surface area contributed by atoms with Crippen LogP contribution in [0, 0.1) is 5.92 Å². The first-order valence-electron chi connectivity index (χ1n) is 7.61. The molecule has 1 aromatic rings. The molecule has 1 aliphatic carbocycles. The fourth-order valence-electron chi connectivity index (χ4n) is 3.07. The monoisotopic (exact) mass is 274 g/mol. The number of benzene rings is 1. The molecule has 1 saturated carbocycles. The van der Waals surface area contributed by atoms with Crippen molar-refractivity contribution in [3.63, 3.8) is 0 Å². The predicted molar refractivity (Wildman–Crippen MR) is 80.2 cm³/mol. The van der Waals surface area contributed by atoms with Gasteiger partial charge in [-0.25, -0.2) is 4.79 Å². The number of nitrogens with zero attached hydrogens (tertiary/aromatic N) is 1. The van der Waals surface area contributed by atoms with Gasteiger partial charge >= 0.3 is 6.09 Å². The molecule has 2 aliphatic rings. The van der Waals surface area contributed by atoms with E-state index in [0.717, 1.165) is 23.8 Å². The molecule has 1 aromatic carbocycles. The first-order valence-corrected chi connectivity index (χ1v) is 7.61. The number of amides is 1. The predicted octanol–water partition coefficient (Wildman–Crippen LogP) is 3.64. The molecular weight excluding hydrogens is 252 g/mol. The quantitative estimate of drug-likeness (QED) is 0.911. The molecule has 0 radical (unpaired) electrons. The summed E-state index contributed by atoms with van der Waals surface area (Å²) in [4.78, 5) is 13.3. The maximum Gasteiger partial charge on any atom is 0.414 e. The van der Waals surface area contributed by atoms with E-state index in [2.05, 4.69) is 11.4 Å². The molecule has 20 heavy (non-hydrogen) atoms. The van der Waals surface area contributed by atoms with Gasteiger partial charge in [-0.3, -0.25) is 4.90 Å². The Morgan fingerprint density at radius 1 is 1.25 bits per heavy atom. The second kappa shape index (κ2) is 6.16. The second-order valence-electron chi connectivity index (χ2n) is 5.70. The number of hydrogen-bond acceptors (Lipinski definition) is 3. The first-order chi connectivity index (χ1) is 9.83. The second-order valence-corrected chi connectivity index (χ2v) is 5.70. The molecule has 0 atom stereocenters. The molecule has 1 amide bonds. The third-order valence-electron chi connectivity index (χ3n) is 4.24. The highest BCUT2D eigenvalue weighted by molar-refractivity contribution is 5.89. The van der Waals surface area contributed by atoms with Crippen LogP contribution >= 0.6 is 0 Å². The number of cyclic esters (lactones) is 1. The van der Waals surface area contributed by atoms with E-state index in [9.17, 15) is 4.79 Å². The van der Waals surface area contributed by atoms with E-state index in [1.54, 1.807) is 4.90 Å². The van der Waals surface area contributed by atoms with Gasteiger partial charge in [0.25, 0.3) is 0 Å². The molecule has 4 nitrogen and oxygen atoms in total. The van der Waals surface area contributed by atoms with Crippen molar-refractivity contribution < 1.29 is 9.53 Å². The molecule has 0 aromatic heterocycles. The number of rotatable bonds is 4. The van der Waals surface area contributed by atoms with Crippen LogP contribution in [-0.4, -0.2) is 25.8 Å². The summed E-state index contributed by atoms with van der Waals surface area (Å²) in [5.74, 6) is 0.796. The normalized spacial score (nSPS) is 20.0.